The Hall–Kier alpha value is -1.26. The van der Waals surface area contributed by atoms with Gasteiger partial charge < -0.3 is 15.7 Å². The lowest BCUT2D eigenvalue weighted by atomic mass is 10.2. The Morgan fingerprint density at radius 2 is 2.25 bits per heavy atom. The SMILES string of the molecule is Cc1ccc(NC(=O)N[C@@H](C)CO)cc1Cl. The first-order valence-electron chi connectivity index (χ1n) is 4.97. The van der Waals surface area contributed by atoms with Crippen LogP contribution in [-0.4, -0.2) is 23.8 Å². The number of aryl methyl sites for hydroxylation is 1. The molecule has 1 aromatic carbocycles. The average molecular weight is 243 g/mol. The van der Waals surface area contributed by atoms with E-state index in [-0.39, 0.29) is 18.7 Å². The second kappa shape index (κ2) is 5.72. The fourth-order valence-electron chi connectivity index (χ4n) is 1.11. The number of nitrogens with one attached hydrogen (secondary N) is 2. The largest absolute Gasteiger partial charge is 0.394 e. The van der Waals surface area contributed by atoms with E-state index in [4.69, 9.17) is 16.7 Å². The number of aliphatic hydroxyl groups is 1. The fraction of sp³-hybridized carbons (Fsp3) is 0.364. The van der Waals surface area contributed by atoms with Crippen molar-refractivity contribution in [2.75, 3.05) is 11.9 Å². The van der Waals surface area contributed by atoms with Crippen LogP contribution in [0.2, 0.25) is 5.02 Å². The van der Waals surface area contributed by atoms with Crippen LogP contribution in [0.15, 0.2) is 18.2 Å². The van der Waals surface area contributed by atoms with Crippen LogP contribution in [-0.2, 0) is 0 Å². The molecule has 0 aliphatic rings. The van der Waals surface area contributed by atoms with Gasteiger partial charge in [0.2, 0.25) is 0 Å². The molecule has 0 spiro atoms. The Kier molecular flexibility index (Phi) is 4.58. The first-order chi connectivity index (χ1) is 7.52. The van der Waals surface area contributed by atoms with Crippen LogP contribution in [0.5, 0.6) is 0 Å². The number of hydrogen-bond acceptors (Lipinski definition) is 2. The Labute approximate surface area is 99.6 Å². The van der Waals surface area contributed by atoms with Crippen molar-refractivity contribution in [3.8, 4) is 0 Å². The molecule has 0 aromatic heterocycles. The summed E-state index contributed by atoms with van der Waals surface area (Å²) in [4.78, 5) is 11.4. The molecule has 0 fully saturated rings. The van der Waals surface area contributed by atoms with E-state index < -0.39 is 0 Å². The highest BCUT2D eigenvalue weighted by atomic mass is 35.5. The Balaban J connectivity index is 2.59. The smallest absolute Gasteiger partial charge is 0.319 e. The highest BCUT2D eigenvalue weighted by Gasteiger charge is 2.06. The number of benzene rings is 1. The summed E-state index contributed by atoms with van der Waals surface area (Å²) in [5, 5.41) is 14.6. The number of carbonyl (C=O) groups excluding carboxylic acids is 1. The summed E-state index contributed by atoms with van der Waals surface area (Å²) in [7, 11) is 0. The van der Waals surface area contributed by atoms with Gasteiger partial charge in [0.15, 0.2) is 0 Å². The third-order valence-electron chi connectivity index (χ3n) is 2.08. The minimum absolute atomic E-state index is 0.0952. The zero-order chi connectivity index (χ0) is 12.1. The Morgan fingerprint density at radius 1 is 1.56 bits per heavy atom. The quantitative estimate of drug-likeness (QED) is 0.761. The molecule has 1 atom stereocenters. The molecule has 0 saturated heterocycles. The predicted octanol–water partition coefficient (Wildman–Crippen LogP) is 2.15. The number of amides is 2. The summed E-state index contributed by atoms with van der Waals surface area (Å²) in [6, 6.07) is 4.64. The van der Waals surface area contributed by atoms with Crippen molar-refractivity contribution >= 4 is 23.3 Å². The normalized spacial score (nSPS) is 12.0. The highest BCUT2D eigenvalue weighted by Crippen LogP contribution is 2.19. The van der Waals surface area contributed by atoms with E-state index >= 15 is 0 Å². The van der Waals surface area contributed by atoms with Gasteiger partial charge in [-0.3, -0.25) is 0 Å². The molecule has 5 heteroatoms. The first kappa shape index (κ1) is 12.8. The van der Waals surface area contributed by atoms with E-state index in [0.717, 1.165) is 5.56 Å². The number of anilines is 1. The molecule has 0 aliphatic heterocycles. The van der Waals surface area contributed by atoms with E-state index in [9.17, 15) is 4.79 Å². The second-order valence-corrected chi connectivity index (χ2v) is 4.05. The van der Waals surface area contributed by atoms with Crippen LogP contribution in [0, 0.1) is 6.92 Å². The van der Waals surface area contributed by atoms with Gasteiger partial charge in [-0.2, -0.15) is 0 Å². The van der Waals surface area contributed by atoms with Gasteiger partial charge in [-0.1, -0.05) is 17.7 Å². The molecular formula is C11H15ClN2O2. The summed E-state index contributed by atoms with van der Waals surface area (Å²) in [6.07, 6.45) is 0. The number of halogens is 1. The molecule has 4 nitrogen and oxygen atoms in total. The van der Waals surface area contributed by atoms with Crippen LogP contribution >= 0.6 is 11.6 Å². The van der Waals surface area contributed by atoms with Crippen molar-refractivity contribution in [1.82, 2.24) is 5.32 Å². The molecule has 16 heavy (non-hydrogen) atoms. The summed E-state index contributed by atoms with van der Waals surface area (Å²) in [5.74, 6) is 0. The van der Waals surface area contributed by atoms with Gasteiger partial charge in [-0.25, -0.2) is 4.79 Å². The van der Waals surface area contributed by atoms with Crippen LogP contribution in [0.4, 0.5) is 10.5 Å². The molecule has 0 unspecified atom stereocenters. The Morgan fingerprint density at radius 3 is 2.81 bits per heavy atom. The average Bonchev–Trinajstić information content (AvgIpc) is 2.23. The number of aliphatic hydroxyl groups excluding tert-OH is 1. The lowest BCUT2D eigenvalue weighted by Gasteiger charge is -2.12. The zero-order valence-corrected chi connectivity index (χ0v) is 10.0. The minimum Gasteiger partial charge on any atom is -0.394 e. The third-order valence-corrected chi connectivity index (χ3v) is 2.49. The number of rotatable bonds is 3. The van der Waals surface area contributed by atoms with E-state index in [1.54, 1.807) is 19.1 Å². The van der Waals surface area contributed by atoms with Crippen LogP contribution in [0.3, 0.4) is 0 Å². The number of urea groups is 1. The summed E-state index contributed by atoms with van der Waals surface area (Å²) in [6.45, 7) is 3.50. The van der Waals surface area contributed by atoms with Crippen molar-refractivity contribution in [2.24, 2.45) is 0 Å². The van der Waals surface area contributed by atoms with E-state index in [1.165, 1.54) is 0 Å². The monoisotopic (exact) mass is 242 g/mol. The number of carbonyl (C=O) groups is 1. The maximum Gasteiger partial charge on any atom is 0.319 e. The lowest BCUT2D eigenvalue weighted by Crippen LogP contribution is -2.38. The van der Waals surface area contributed by atoms with Crippen LogP contribution in [0.25, 0.3) is 0 Å². The number of hydrogen-bond donors (Lipinski definition) is 3. The second-order valence-electron chi connectivity index (χ2n) is 3.65. The van der Waals surface area contributed by atoms with E-state index in [2.05, 4.69) is 10.6 Å². The molecule has 0 heterocycles. The van der Waals surface area contributed by atoms with E-state index in [0.29, 0.717) is 10.7 Å². The van der Waals surface area contributed by atoms with Crippen molar-refractivity contribution in [2.45, 2.75) is 19.9 Å². The predicted molar refractivity (Wildman–Crippen MR) is 64.9 cm³/mol. The maximum atomic E-state index is 11.4. The van der Waals surface area contributed by atoms with Gasteiger partial charge in [0.25, 0.3) is 0 Å². The molecule has 88 valence electrons. The van der Waals surface area contributed by atoms with Gasteiger partial charge in [-0.15, -0.1) is 0 Å². The van der Waals surface area contributed by atoms with Crippen molar-refractivity contribution < 1.29 is 9.90 Å². The van der Waals surface area contributed by atoms with Crippen LogP contribution in [0.1, 0.15) is 12.5 Å². The Bertz CT molecular complexity index is 382. The maximum absolute atomic E-state index is 11.4. The molecule has 0 radical (unpaired) electrons. The van der Waals surface area contributed by atoms with Crippen molar-refractivity contribution in [3.63, 3.8) is 0 Å². The molecule has 2 amide bonds. The third kappa shape index (κ3) is 3.72. The molecule has 1 aromatic rings. The molecule has 0 saturated carbocycles. The topological polar surface area (TPSA) is 61.4 Å². The molecule has 1 rings (SSSR count). The van der Waals surface area contributed by atoms with Gasteiger partial charge >= 0.3 is 6.03 Å². The van der Waals surface area contributed by atoms with Gasteiger partial charge in [0.05, 0.1) is 12.6 Å². The van der Waals surface area contributed by atoms with Gasteiger partial charge in [0, 0.05) is 10.7 Å². The zero-order valence-electron chi connectivity index (χ0n) is 9.25. The molecule has 0 aliphatic carbocycles. The summed E-state index contributed by atoms with van der Waals surface area (Å²) in [5.41, 5.74) is 1.58. The van der Waals surface area contributed by atoms with Crippen molar-refractivity contribution in [3.05, 3.63) is 28.8 Å². The van der Waals surface area contributed by atoms with Crippen LogP contribution < -0.4 is 10.6 Å². The van der Waals surface area contributed by atoms with E-state index in [1.807, 2.05) is 13.0 Å². The lowest BCUT2D eigenvalue weighted by molar-refractivity contribution is 0.229. The van der Waals surface area contributed by atoms with Crippen molar-refractivity contribution in [1.29, 1.82) is 0 Å². The summed E-state index contributed by atoms with van der Waals surface area (Å²) < 4.78 is 0. The molecular weight excluding hydrogens is 228 g/mol. The highest BCUT2D eigenvalue weighted by molar-refractivity contribution is 6.31. The molecule has 0 bridgehead atoms. The fourth-order valence-corrected chi connectivity index (χ4v) is 1.29. The van der Waals surface area contributed by atoms with Gasteiger partial charge in [0.1, 0.15) is 0 Å². The summed E-state index contributed by atoms with van der Waals surface area (Å²) >= 11 is 5.92. The first-order valence-corrected chi connectivity index (χ1v) is 5.35. The standard InChI is InChI=1S/C11H15ClN2O2/c1-7-3-4-9(5-10(7)12)14-11(16)13-8(2)6-15/h3-5,8,15H,6H2,1-2H3,(H2,13,14,16)/t8-/m0/s1. The minimum atomic E-state index is -0.360. The van der Waals surface area contributed by atoms with Gasteiger partial charge in [-0.05, 0) is 31.5 Å². The molecule has 3 N–H and O–H groups in total.